The van der Waals surface area contributed by atoms with E-state index in [4.69, 9.17) is 5.73 Å². The van der Waals surface area contributed by atoms with Crippen LogP contribution in [0.15, 0.2) is 17.1 Å². The third-order valence-electron chi connectivity index (χ3n) is 3.53. The largest absolute Gasteiger partial charge is 0.364 e. The molecule has 7 nitrogen and oxygen atoms in total. The van der Waals surface area contributed by atoms with Gasteiger partial charge in [-0.1, -0.05) is 0 Å². The number of nitrogens with one attached hydrogen (secondary N) is 2. The van der Waals surface area contributed by atoms with E-state index in [0.29, 0.717) is 17.3 Å². The molecule has 0 radical (unpaired) electrons. The molecule has 1 unspecified atom stereocenters. The van der Waals surface area contributed by atoms with Crippen molar-refractivity contribution >= 4 is 5.95 Å². The van der Waals surface area contributed by atoms with Crippen molar-refractivity contribution in [2.75, 3.05) is 18.0 Å². The molecule has 2 aromatic heterocycles. The Morgan fingerprint density at radius 1 is 1.50 bits per heavy atom. The monoisotopic (exact) mass is 274 g/mol. The van der Waals surface area contributed by atoms with Crippen molar-refractivity contribution in [2.24, 2.45) is 5.73 Å². The summed E-state index contributed by atoms with van der Waals surface area (Å²) >= 11 is 0. The predicted octanol–water partition coefficient (Wildman–Crippen LogP) is 0.396. The highest BCUT2D eigenvalue weighted by Gasteiger charge is 2.20. The van der Waals surface area contributed by atoms with Gasteiger partial charge in [0.2, 0.25) is 5.95 Å². The van der Waals surface area contributed by atoms with Gasteiger partial charge < -0.3 is 15.6 Å². The number of rotatable bonds is 2. The number of H-pyrrole nitrogens is 2. The van der Waals surface area contributed by atoms with Crippen LogP contribution in [0.2, 0.25) is 0 Å². The van der Waals surface area contributed by atoms with Gasteiger partial charge in [-0.3, -0.25) is 9.89 Å². The molecule has 1 aliphatic heterocycles. The summed E-state index contributed by atoms with van der Waals surface area (Å²) < 4.78 is 0. The lowest BCUT2D eigenvalue weighted by molar-refractivity contribution is 0.500. The van der Waals surface area contributed by atoms with Gasteiger partial charge in [-0.2, -0.15) is 4.98 Å². The summed E-state index contributed by atoms with van der Waals surface area (Å²) in [5, 5.41) is 7.03. The van der Waals surface area contributed by atoms with Crippen molar-refractivity contribution in [1.82, 2.24) is 20.2 Å². The van der Waals surface area contributed by atoms with E-state index in [1.54, 1.807) is 12.3 Å². The van der Waals surface area contributed by atoms with E-state index in [9.17, 15) is 4.79 Å². The van der Waals surface area contributed by atoms with Crippen LogP contribution in [0.1, 0.15) is 18.5 Å². The molecule has 0 saturated carbocycles. The first kappa shape index (κ1) is 12.9. The molecule has 7 heteroatoms. The molecule has 106 valence electrons. The van der Waals surface area contributed by atoms with Crippen molar-refractivity contribution in [3.63, 3.8) is 0 Å². The third-order valence-corrected chi connectivity index (χ3v) is 3.53. The quantitative estimate of drug-likeness (QED) is 0.735. The lowest BCUT2D eigenvalue weighted by Crippen LogP contribution is -2.43. The SMILES string of the molecule is Cc1cc(=O)c(-c2nc(N3CCCC(N)C3)n[nH]2)c[nH]1. The molecular weight excluding hydrogens is 256 g/mol. The summed E-state index contributed by atoms with van der Waals surface area (Å²) in [7, 11) is 0. The predicted molar refractivity (Wildman–Crippen MR) is 76.6 cm³/mol. The Hall–Kier alpha value is -2.15. The standard InChI is InChI=1S/C13H18N6O/c1-8-5-11(20)10(6-15-8)12-16-13(18-17-12)19-4-2-3-9(14)7-19/h5-6,9H,2-4,7,14H2,1H3,(H,15,20)(H,16,17,18). The van der Waals surface area contributed by atoms with E-state index in [2.05, 4.69) is 25.1 Å². The highest BCUT2D eigenvalue weighted by molar-refractivity contribution is 5.55. The first-order valence-corrected chi connectivity index (χ1v) is 6.76. The summed E-state index contributed by atoms with van der Waals surface area (Å²) in [6.07, 6.45) is 3.73. The lowest BCUT2D eigenvalue weighted by atomic mass is 10.1. The fraction of sp³-hybridized carbons (Fsp3) is 0.462. The van der Waals surface area contributed by atoms with Crippen LogP contribution in [-0.2, 0) is 0 Å². The maximum atomic E-state index is 11.9. The number of nitrogens with zero attached hydrogens (tertiary/aromatic N) is 3. The van der Waals surface area contributed by atoms with Crippen molar-refractivity contribution in [2.45, 2.75) is 25.8 Å². The molecule has 20 heavy (non-hydrogen) atoms. The van der Waals surface area contributed by atoms with Crippen molar-refractivity contribution in [1.29, 1.82) is 0 Å². The number of pyridine rings is 1. The van der Waals surface area contributed by atoms with Crippen LogP contribution in [0.3, 0.4) is 0 Å². The summed E-state index contributed by atoms with van der Waals surface area (Å²) in [6, 6.07) is 1.71. The van der Waals surface area contributed by atoms with Crippen LogP contribution in [0.5, 0.6) is 0 Å². The van der Waals surface area contributed by atoms with Crippen LogP contribution >= 0.6 is 0 Å². The number of piperidine rings is 1. The number of nitrogens with two attached hydrogens (primary N) is 1. The third kappa shape index (κ3) is 2.44. The topological polar surface area (TPSA) is 104 Å². The highest BCUT2D eigenvalue weighted by Crippen LogP contribution is 2.17. The molecule has 0 amide bonds. The molecule has 1 aliphatic rings. The molecule has 2 aromatic rings. The number of anilines is 1. The highest BCUT2D eigenvalue weighted by atomic mass is 16.1. The Kier molecular flexibility index (Phi) is 3.27. The van der Waals surface area contributed by atoms with E-state index in [1.807, 2.05) is 6.92 Å². The van der Waals surface area contributed by atoms with E-state index < -0.39 is 0 Å². The average Bonchev–Trinajstić information content (AvgIpc) is 2.88. The van der Waals surface area contributed by atoms with Gasteiger partial charge >= 0.3 is 0 Å². The zero-order valence-corrected chi connectivity index (χ0v) is 11.4. The molecule has 3 heterocycles. The van der Waals surface area contributed by atoms with Gasteiger partial charge in [0.05, 0.1) is 5.56 Å². The average molecular weight is 274 g/mol. The summed E-state index contributed by atoms with van der Waals surface area (Å²) in [5.74, 6) is 1.09. The molecule has 0 aliphatic carbocycles. The Bertz CT molecular complexity index is 661. The van der Waals surface area contributed by atoms with Gasteiger partial charge in [-0.05, 0) is 19.8 Å². The van der Waals surface area contributed by atoms with Crippen LogP contribution in [0, 0.1) is 6.92 Å². The van der Waals surface area contributed by atoms with Crippen LogP contribution in [0.4, 0.5) is 5.95 Å². The number of aromatic amines is 2. The fourth-order valence-corrected chi connectivity index (χ4v) is 2.46. The minimum absolute atomic E-state index is 0.0701. The Morgan fingerprint density at radius 2 is 2.35 bits per heavy atom. The summed E-state index contributed by atoms with van der Waals surface area (Å²) in [6.45, 7) is 3.49. The van der Waals surface area contributed by atoms with E-state index in [-0.39, 0.29) is 11.5 Å². The van der Waals surface area contributed by atoms with Crippen molar-refractivity contribution < 1.29 is 0 Å². The van der Waals surface area contributed by atoms with Gasteiger partial charge in [0.25, 0.3) is 0 Å². The molecule has 3 rings (SSSR count). The molecular formula is C13H18N6O. The second-order valence-corrected chi connectivity index (χ2v) is 5.23. The number of hydrogen-bond donors (Lipinski definition) is 3. The van der Waals surface area contributed by atoms with Gasteiger partial charge in [-0.15, -0.1) is 5.10 Å². The molecule has 1 fully saturated rings. The lowest BCUT2D eigenvalue weighted by Gasteiger charge is -2.29. The minimum atomic E-state index is -0.0701. The number of hydrogen-bond acceptors (Lipinski definition) is 5. The summed E-state index contributed by atoms with van der Waals surface area (Å²) in [5.41, 5.74) is 7.20. The summed E-state index contributed by atoms with van der Waals surface area (Å²) in [4.78, 5) is 21.4. The molecule has 0 aromatic carbocycles. The van der Waals surface area contributed by atoms with Crippen molar-refractivity contribution in [3.8, 4) is 11.4 Å². The minimum Gasteiger partial charge on any atom is -0.364 e. The fourth-order valence-electron chi connectivity index (χ4n) is 2.46. The Morgan fingerprint density at radius 3 is 3.10 bits per heavy atom. The van der Waals surface area contributed by atoms with Gasteiger partial charge in [0.1, 0.15) is 0 Å². The second-order valence-electron chi connectivity index (χ2n) is 5.23. The van der Waals surface area contributed by atoms with Crippen molar-refractivity contribution in [3.05, 3.63) is 28.2 Å². The number of aromatic nitrogens is 4. The number of aryl methyl sites for hydroxylation is 1. The van der Waals surface area contributed by atoms with E-state index in [1.165, 1.54) is 0 Å². The molecule has 0 spiro atoms. The maximum absolute atomic E-state index is 11.9. The van der Waals surface area contributed by atoms with E-state index >= 15 is 0 Å². The van der Waals surface area contributed by atoms with Gasteiger partial charge in [-0.25, -0.2) is 0 Å². The van der Waals surface area contributed by atoms with E-state index in [0.717, 1.165) is 31.6 Å². The first-order chi connectivity index (χ1) is 9.63. The zero-order valence-electron chi connectivity index (χ0n) is 11.4. The molecule has 4 N–H and O–H groups in total. The van der Waals surface area contributed by atoms with Crippen LogP contribution in [0.25, 0.3) is 11.4 Å². The van der Waals surface area contributed by atoms with Gasteiger partial charge in [0, 0.05) is 37.1 Å². The first-order valence-electron chi connectivity index (χ1n) is 6.76. The zero-order chi connectivity index (χ0) is 14.1. The second kappa shape index (κ2) is 5.09. The molecule has 1 saturated heterocycles. The smallest absolute Gasteiger partial charge is 0.245 e. The Balaban J connectivity index is 1.88. The van der Waals surface area contributed by atoms with Crippen LogP contribution < -0.4 is 16.1 Å². The molecule has 1 atom stereocenters. The molecule has 0 bridgehead atoms. The van der Waals surface area contributed by atoms with Crippen LogP contribution in [-0.4, -0.2) is 39.3 Å². The maximum Gasteiger partial charge on any atom is 0.245 e. The van der Waals surface area contributed by atoms with Gasteiger partial charge in [0.15, 0.2) is 11.3 Å². The Labute approximate surface area is 116 Å². The normalized spacial score (nSPS) is 19.3.